The fraction of sp³-hybridized carbons (Fsp3) is 0.267. The Hall–Kier alpha value is -1.95. The van der Waals surface area contributed by atoms with Crippen molar-refractivity contribution >= 4 is 17.3 Å². The summed E-state index contributed by atoms with van der Waals surface area (Å²) in [5, 5.41) is 9.14. The number of hydrogen-bond donors (Lipinski definition) is 1. The van der Waals surface area contributed by atoms with E-state index in [4.69, 9.17) is 9.84 Å². The van der Waals surface area contributed by atoms with Crippen molar-refractivity contribution in [3.63, 3.8) is 0 Å². The molecule has 0 fully saturated rings. The van der Waals surface area contributed by atoms with Crippen LogP contribution in [-0.4, -0.2) is 11.1 Å². The van der Waals surface area contributed by atoms with E-state index in [-0.39, 0.29) is 22.8 Å². The molecular formula is C15H14F2O3S. The minimum atomic E-state index is -1.09. The topological polar surface area (TPSA) is 46.5 Å². The largest absolute Gasteiger partial charge is 0.487 e. The molecule has 1 aromatic carbocycles. The standard InChI is InChI=1S/C15H14F2O3S/c1-2-4-10-7-12(14(21-10)15(18)19)20-8-9-5-3-6-11(16)13(9)17/h3,5-7H,2,4,8H2,1H3,(H,18,19). The highest BCUT2D eigenvalue weighted by Crippen LogP contribution is 2.31. The van der Waals surface area contributed by atoms with Gasteiger partial charge in [-0.2, -0.15) is 0 Å². The number of rotatable bonds is 6. The van der Waals surface area contributed by atoms with Crippen LogP contribution in [0, 0.1) is 11.6 Å². The fourth-order valence-electron chi connectivity index (χ4n) is 1.86. The van der Waals surface area contributed by atoms with Gasteiger partial charge in [-0.3, -0.25) is 0 Å². The number of aryl methyl sites for hydroxylation is 1. The van der Waals surface area contributed by atoms with E-state index in [0.717, 1.165) is 35.1 Å². The molecule has 6 heteroatoms. The number of aromatic carboxylic acids is 1. The Kier molecular flexibility index (Phi) is 4.90. The summed E-state index contributed by atoms with van der Waals surface area (Å²) in [5.74, 6) is -2.82. The molecule has 1 N–H and O–H groups in total. The molecule has 0 atom stereocenters. The Bertz CT molecular complexity index is 652. The van der Waals surface area contributed by atoms with Gasteiger partial charge in [0.25, 0.3) is 0 Å². The van der Waals surface area contributed by atoms with Gasteiger partial charge in [-0.15, -0.1) is 11.3 Å². The smallest absolute Gasteiger partial charge is 0.349 e. The molecule has 0 unspecified atom stereocenters. The molecule has 0 aliphatic carbocycles. The van der Waals surface area contributed by atoms with Crippen LogP contribution >= 0.6 is 11.3 Å². The molecule has 0 aliphatic heterocycles. The number of carboxylic acids is 1. The minimum absolute atomic E-state index is 0.0505. The van der Waals surface area contributed by atoms with Crippen LogP contribution in [-0.2, 0) is 13.0 Å². The van der Waals surface area contributed by atoms with Gasteiger partial charge in [0, 0.05) is 10.4 Å². The van der Waals surface area contributed by atoms with Crippen LogP contribution in [0.1, 0.15) is 33.5 Å². The third kappa shape index (κ3) is 3.58. The van der Waals surface area contributed by atoms with Crippen LogP contribution in [0.15, 0.2) is 24.3 Å². The molecule has 0 aliphatic rings. The summed E-state index contributed by atoms with van der Waals surface area (Å²) < 4.78 is 32.0. The predicted molar refractivity (Wildman–Crippen MR) is 76.0 cm³/mol. The lowest BCUT2D eigenvalue weighted by Gasteiger charge is -2.06. The molecule has 21 heavy (non-hydrogen) atoms. The van der Waals surface area contributed by atoms with E-state index in [9.17, 15) is 13.6 Å². The van der Waals surface area contributed by atoms with Crippen molar-refractivity contribution in [2.45, 2.75) is 26.4 Å². The van der Waals surface area contributed by atoms with Crippen LogP contribution in [0.4, 0.5) is 8.78 Å². The van der Waals surface area contributed by atoms with E-state index >= 15 is 0 Å². The van der Waals surface area contributed by atoms with E-state index in [1.54, 1.807) is 6.07 Å². The van der Waals surface area contributed by atoms with Gasteiger partial charge in [-0.1, -0.05) is 25.5 Å². The van der Waals surface area contributed by atoms with Crippen molar-refractivity contribution in [2.75, 3.05) is 0 Å². The van der Waals surface area contributed by atoms with Crippen LogP contribution in [0.3, 0.4) is 0 Å². The lowest BCUT2D eigenvalue weighted by Crippen LogP contribution is -2.02. The number of ether oxygens (including phenoxy) is 1. The Balaban J connectivity index is 2.19. The van der Waals surface area contributed by atoms with E-state index in [2.05, 4.69) is 0 Å². The third-order valence-corrected chi connectivity index (χ3v) is 4.02. The van der Waals surface area contributed by atoms with Crippen molar-refractivity contribution in [2.24, 2.45) is 0 Å². The summed E-state index contributed by atoms with van der Waals surface area (Å²) in [7, 11) is 0. The Morgan fingerprint density at radius 1 is 1.38 bits per heavy atom. The fourth-order valence-corrected chi connectivity index (χ4v) is 2.90. The molecule has 1 aromatic heterocycles. The number of hydrogen-bond acceptors (Lipinski definition) is 3. The van der Waals surface area contributed by atoms with Crippen molar-refractivity contribution < 1.29 is 23.4 Å². The summed E-state index contributed by atoms with van der Waals surface area (Å²) in [4.78, 5) is 12.1. The number of benzene rings is 1. The molecule has 0 saturated carbocycles. The molecule has 3 nitrogen and oxygen atoms in total. The lowest BCUT2D eigenvalue weighted by atomic mass is 10.2. The monoisotopic (exact) mass is 312 g/mol. The van der Waals surface area contributed by atoms with Crippen molar-refractivity contribution in [3.8, 4) is 5.75 Å². The van der Waals surface area contributed by atoms with Gasteiger partial charge in [0.05, 0.1) is 0 Å². The summed E-state index contributed by atoms with van der Waals surface area (Å²) in [6.07, 6.45) is 1.64. The highest BCUT2D eigenvalue weighted by atomic mass is 32.1. The quantitative estimate of drug-likeness (QED) is 0.867. The second kappa shape index (κ2) is 6.67. The first-order valence-electron chi connectivity index (χ1n) is 6.44. The molecule has 1 heterocycles. The predicted octanol–water partition coefficient (Wildman–Crippen LogP) is 4.26. The maximum absolute atomic E-state index is 13.5. The zero-order valence-electron chi connectivity index (χ0n) is 11.4. The van der Waals surface area contributed by atoms with Gasteiger partial charge >= 0.3 is 5.97 Å². The Morgan fingerprint density at radius 2 is 2.14 bits per heavy atom. The van der Waals surface area contributed by atoms with Gasteiger partial charge in [-0.25, -0.2) is 13.6 Å². The first-order valence-corrected chi connectivity index (χ1v) is 7.26. The minimum Gasteiger partial charge on any atom is -0.487 e. The second-order valence-electron chi connectivity index (χ2n) is 4.46. The lowest BCUT2D eigenvalue weighted by molar-refractivity contribution is 0.0697. The normalized spacial score (nSPS) is 10.6. The molecule has 0 spiro atoms. The van der Waals surface area contributed by atoms with Gasteiger partial charge in [0.2, 0.25) is 0 Å². The van der Waals surface area contributed by atoms with Crippen LogP contribution in [0.2, 0.25) is 0 Å². The van der Waals surface area contributed by atoms with Crippen LogP contribution in [0.25, 0.3) is 0 Å². The van der Waals surface area contributed by atoms with E-state index in [1.165, 1.54) is 12.1 Å². The van der Waals surface area contributed by atoms with Gasteiger partial charge in [0.15, 0.2) is 16.5 Å². The average molecular weight is 312 g/mol. The van der Waals surface area contributed by atoms with Gasteiger partial charge < -0.3 is 9.84 Å². The first-order chi connectivity index (χ1) is 10.0. The first kappa shape index (κ1) is 15.4. The summed E-state index contributed by atoms with van der Waals surface area (Å²) >= 11 is 1.14. The number of carbonyl (C=O) groups is 1. The molecule has 2 rings (SSSR count). The van der Waals surface area contributed by atoms with E-state index in [1.807, 2.05) is 6.92 Å². The van der Waals surface area contributed by atoms with Crippen molar-refractivity contribution in [3.05, 3.63) is 51.2 Å². The molecule has 112 valence electrons. The summed E-state index contributed by atoms with van der Waals surface area (Å²) in [6, 6.07) is 5.45. The third-order valence-electron chi connectivity index (χ3n) is 2.85. The number of thiophene rings is 1. The zero-order valence-corrected chi connectivity index (χ0v) is 12.2. The average Bonchev–Trinajstić information content (AvgIpc) is 2.84. The molecule has 0 radical (unpaired) electrons. The molecule has 0 amide bonds. The molecular weight excluding hydrogens is 298 g/mol. The van der Waals surface area contributed by atoms with E-state index < -0.39 is 17.6 Å². The van der Waals surface area contributed by atoms with Crippen LogP contribution in [0.5, 0.6) is 5.75 Å². The maximum atomic E-state index is 13.5. The highest BCUT2D eigenvalue weighted by molar-refractivity contribution is 7.14. The Morgan fingerprint density at radius 3 is 2.81 bits per heavy atom. The van der Waals surface area contributed by atoms with Crippen LogP contribution < -0.4 is 4.74 Å². The second-order valence-corrected chi connectivity index (χ2v) is 5.60. The maximum Gasteiger partial charge on any atom is 0.349 e. The van der Waals surface area contributed by atoms with Crippen molar-refractivity contribution in [1.82, 2.24) is 0 Å². The Labute approximate surface area is 124 Å². The summed E-state index contributed by atoms with van der Waals surface area (Å²) in [6.45, 7) is 1.77. The van der Waals surface area contributed by atoms with Gasteiger partial charge in [0.1, 0.15) is 12.4 Å². The van der Waals surface area contributed by atoms with Gasteiger partial charge in [-0.05, 0) is 18.6 Å². The molecule has 0 saturated heterocycles. The summed E-state index contributed by atoms with van der Waals surface area (Å²) in [5.41, 5.74) is 0.0505. The van der Waals surface area contributed by atoms with Crippen molar-refractivity contribution in [1.29, 1.82) is 0 Å². The highest BCUT2D eigenvalue weighted by Gasteiger charge is 2.17. The molecule has 0 bridgehead atoms. The number of carboxylic acid groups (broad SMARTS) is 1. The molecule has 2 aromatic rings. The number of halogens is 2. The SMILES string of the molecule is CCCc1cc(OCc2cccc(F)c2F)c(C(=O)O)s1. The van der Waals surface area contributed by atoms with E-state index in [0.29, 0.717) is 0 Å². The zero-order chi connectivity index (χ0) is 15.4.